The number of nitrogens with zero attached hydrogens (tertiary/aromatic N) is 1. The molecule has 0 aliphatic carbocycles. The molecule has 1 heterocycles. The summed E-state index contributed by atoms with van der Waals surface area (Å²) in [5.41, 5.74) is 2.77. The molecule has 25 heavy (non-hydrogen) atoms. The number of hydrogen-bond acceptors (Lipinski definition) is 4. The predicted octanol–water partition coefficient (Wildman–Crippen LogP) is 3.84. The van der Waals surface area contributed by atoms with Gasteiger partial charge in [-0.15, -0.1) is 0 Å². The van der Waals surface area contributed by atoms with Crippen molar-refractivity contribution in [2.45, 2.75) is 26.4 Å². The van der Waals surface area contributed by atoms with Gasteiger partial charge in [0, 0.05) is 17.3 Å². The van der Waals surface area contributed by atoms with Crippen LogP contribution in [-0.4, -0.2) is 30.7 Å². The van der Waals surface area contributed by atoms with Crippen molar-refractivity contribution in [3.05, 3.63) is 52.5 Å². The summed E-state index contributed by atoms with van der Waals surface area (Å²) in [6.45, 7) is 4.70. The first-order valence-corrected chi connectivity index (χ1v) is 8.47. The van der Waals surface area contributed by atoms with Gasteiger partial charge in [0.05, 0.1) is 6.04 Å². The van der Waals surface area contributed by atoms with Gasteiger partial charge in [-0.3, -0.25) is 9.69 Å². The fourth-order valence-corrected chi connectivity index (χ4v) is 2.80. The highest BCUT2D eigenvalue weighted by molar-refractivity contribution is 6.31. The molecule has 1 N–H and O–H groups in total. The van der Waals surface area contributed by atoms with E-state index in [9.17, 15) is 4.79 Å². The van der Waals surface area contributed by atoms with Gasteiger partial charge in [0.2, 0.25) is 12.7 Å². The lowest BCUT2D eigenvalue weighted by atomic mass is 10.1. The van der Waals surface area contributed by atoms with Crippen LogP contribution in [0.1, 0.15) is 18.1 Å². The van der Waals surface area contributed by atoms with Crippen LogP contribution in [-0.2, 0) is 11.3 Å². The third-order valence-electron chi connectivity index (χ3n) is 4.37. The Morgan fingerprint density at radius 3 is 2.80 bits per heavy atom. The lowest BCUT2D eigenvalue weighted by Crippen LogP contribution is -2.39. The first-order chi connectivity index (χ1) is 11.9. The molecule has 132 valence electrons. The molecule has 0 spiro atoms. The zero-order chi connectivity index (χ0) is 18.0. The van der Waals surface area contributed by atoms with Crippen molar-refractivity contribution in [2.75, 3.05) is 19.2 Å². The third kappa shape index (κ3) is 4.06. The van der Waals surface area contributed by atoms with Gasteiger partial charge in [0.25, 0.3) is 0 Å². The monoisotopic (exact) mass is 360 g/mol. The molecule has 5 nitrogen and oxygen atoms in total. The molecule has 0 unspecified atom stereocenters. The molecule has 6 heteroatoms. The van der Waals surface area contributed by atoms with Crippen LogP contribution in [0.2, 0.25) is 5.02 Å². The summed E-state index contributed by atoms with van der Waals surface area (Å²) >= 11 is 6.01. The fourth-order valence-electron chi connectivity index (χ4n) is 2.63. The van der Waals surface area contributed by atoms with Crippen molar-refractivity contribution in [2.24, 2.45) is 0 Å². The lowest BCUT2D eigenvalue weighted by Gasteiger charge is -2.24. The van der Waals surface area contributed by atoms with Crippen LogP contribution in [0.3, 0.4) is 0 Å². The maximum absolute atomic E-state index is 12.6. The van der Waals surface area contributed by atoms with Crippen molar-refractivity contribution in [1.29, 1.82) is 0 Å². The van der Waals surface area contributed by atoms with Gasteiger partial charge in [-0.1, -0.05) is 23.7 Å². The fraction of sp³-hybridized carbons (Fsp3) is 0.316. The molecule has 1 atom stereocenters. The van der Waals surface area contributed by atoms with E-state index in [2.05, 4.69) is 5.32 Å². The van der Waals surface area contributed by atoms with E-state index in [4.69, 9.17) is 21.1 Å². The van der Waals surface area contributed by atoms with E-state index in [1.54, 1.807) is 6.07 Å². The van der Waals surface area contributed by atoms with Crippen LogP contribution in [0.15, 0.2) is 36.4 Å². The van der Waals surface area contributed by atoms with Crippen LogP contribution in [0.4, 0.5) is 5.69 Å². The number of nitrogens with one attached hydrogen (secondary N) is 1. The van der Waals surface area contributed by atoms with Gasteiger partial charge in [0.1, 0.15) is 0 Å². The molecule has 0 aromatic heterocycles. The second kappa shape index (κ2) is 7.33. The summed E-state index contributed by atoms with van der Waals surface area (Å²) in [5.74, 6) is 1.43. The summed E-state index contributed by atoms with van der Waals surface area (Å²) in [4.78, 5) is 14.5. The van der Waals surface area contributed by atoms with Gasteiger partial charge < -0.3 is 14.8 Å². The molecule has 1 aliphatic heterocycles. The summed E-state index contributed by atoms with van der Waals surface area (Å²) in [5, 5.41) is 3.55. The quantitative estimate of drug-likeness (QED) is 0.880. The average Bonchev–Trinajstić information content (AvgIpc) is 3.05. The standard InChI is InChI=1S/C19H21ClN2O3/c1-12-4-6-15(20)9-16(12)21-19(23)13(2)22(3)10-14-5-7-17-18(8-14)25-11-24-17/h4-9,13H,10-11H2,1-3H3,(H,21,23)/t13-/m0/s1. The SMILES string of the molecule is Cc1ccc(Cl)cc1NC(=O)[C@H](C)N(C)Cc1ccc2c(c1)OCO2. The molecule has 0 bridgehead atoms. The Kier molecular flexibility index (Phi) is 5.16. The number of hydrogen-bond donors (Lipinski definition) is 1. The molecule has 2 aromatic carbocycles. The molecule has 2 aromatic rings. The summed E-state index contributed by atoms with van der Waals surface area (Å²) < 4.78 is 10.7. The van der Waals surface area contributed by atoms with Crippen molar-refractivity contribution in [3.63, 3.8) is 0 Å². The molecule has 3 rings (SSSR count). The van der Waals surface area contributed by atoms with Gasteiger partial charge in [-0.2, -0.15) is 0 Å². The van der Waals surface area contributed by atoms with E-state index in [0.717, 1.165) is 28.3 Å². The highest BCUT2D eigenvalue weighted by atomic mass is 35.5. The molecule has 1 amide bonds. The van der Waals surface area contributed by atoms with Gasteiger partial charge in [-0.25, -0.2) is 0 Å². The smallest absolute Gasteiger partial charge is 0.241 e. The number of aryl methyl sites for hydroxylation is 1. The van der Waals surface area contributed by atoms with E-state index in [0.29, 0.717) is 11.6 Å². The number of carbonyl (C=O) groups is 1. The second-order valence-electron chi connectivity index (χ2n) is 6.23. The van der Waals surface area contributed by atoms with Crippen molar-refractivity contribution >= 4 is 23.2 Å². The van der Waals surface area contributed by atoms with E-state index in [1.165, 1.54) is 0 Å². The number of likely N-dealkylation sites (N-methyl/N-ethyl adjacent to an activating group) is 1. The topological polar surface area (TPSA) is 50.8 Å². The minimum absolute atomic E-state index is 0.0754. The van der Waals surface area contributed by atoms with Gasteiger partial charge in [-0.05, 0) is 56.3 Å². The molecular weight excluding hydrogens is 340 g/mol. The number of rotatable bonds is 5. The highest BCUT2D eigenvalue weighted by Gasteiger charge is 2.20. The number of ether oxygens (including phenoxy) is 2. The summed E-state index contributed by atoms with van der Waals surface area (Å²) in [7, 11) is 1.92. The molecule has 1 aliphatic rings. The normalized spacial score (nSPS) is 13.8. The van der Waals surface area contributed by atoms with Gasteiger partial charge >= 0.3 is 0 Å². The zero-order valence-corrected chi connectivity index (χ0v) is 15.3. The van der Waals surface area contributed by atoms with Crippen LogP contribution in [0, 0.1) is 6.92 Å². The zero-order valence-electron chi connectivity index (χ0n) is 14.5. The Hall–Kier alpha value is -2.24. The minimum atomic E-state index is -0.302. The van der Waals surface area contributed by atoms with E-state index in [1.807, 2.05) is 56.1 Å². The Balaban J connectivity index is 1.64. The Bertz CT molecular complexity index is 794. The number of amides is 1. The van der Waals surface area contributed by atoms with Crippen LogP contribution >= 0.6 is 11.6 Å². The predicted molar refractivity (Wildman–Crippen MR) is 98.3 cm³/mol. The number of carbonyl (C=O) groups excluding carboxylic acids is 1. The maximum atomic E-state index is 12.6. The second-order valence-corrected chi connectivity index (χ2v) is 6.66. The number of benzene rings is 2. The molecule has 0 fully saturated rings. The largest absolute Gasteiger partial charge is 0.454 e. The van der Waals surface area contributed by atoms with Crippen molar-refractivity contribution < 1.29 is 14.3 Å². The van der Waals surface area contributed by atoms with Crippen molar-refractivity contribution in [1.82, 2.24) is 4.90 Å². The lowest BCUT2D eigenvalue weighted by molar-refractivity contribution is -0.120. The van der Waals surface area contributed by atoms with E-state index in [-0.39, 0.29) is 18.7 Å². The van der Waals surface area contributed by atoms with Crippen LogP contribution in [0.25, 0.3) is 0 Å². The maximum Gasteiger partial charge on any atom is 0.241 e. The number of halogens is 1. The Morgan fingerprint density at radius 2 is 2.00 bits per heavy atom. The highest BCUT2D eigenvalue weighted by Crippen LogP contribution is 2.32. The van der Waals surface area contributed by atoms with Crippen LogP contribution in [0.5, 0.6) is 11.5 Å². The van der Waals surface area contributed by atoms with E-state index < -0.39 is 0 Å². The first kappa shape index (κ1) is 17.6. The summed E-state index contributed by atoms with van der Waals surface area (Å²) in [6.07, 6.45) is 0. The van der Waals surface area contributed by atoms with Gasteiger partial charge in [0.15, 0.2) is 11.5 Å². The first-order valence-electron chi connectivity index (χ1n) is 8.10. The summed E-state index contributed by atoms with van der Waals surface area (Å²) in [6, 6.07) is 11.0. The number of anilines is 1. The molecular formula is C19H21ClN2O3. The van der Waals surface area contributed by atoms with E-state index >= 15 is 0 Å². The Morgan fingerprint density at radius 1 is 1.24 bits per heavy atom. The minimum Gasteiger partial charge on any atom is -0.454 e. The average molecular weight is 361 g/mol. The Labute approximate surface area is 152 Å². The number of fused-ring (bicyclic) bond motifs is 1. The third-order valence-corrected chi connectivity index (χ3v) is 4.60. The van der Waals surface area contributed by atoms with Crippen LogP contribution < -0.4 is 14.8 Å². The van der Waals surface area contributed by atoms with Crippen molar-refractivity contribution in [3.8, 4) is 11.5 Å². The molecule has 0 saturated carbocycles. The molecule has 0 saturated heterocycles. The molecule has 0 radical (unpaired) electrons.